The summed E-state index contributed by atoms with van der Waals surface area (Å²) in [5.74, 6) is -0.998. The normalized spacial score (nSPS) is 10.6. The first-order chi connectivity index (χ1) is 6.43. The second-order valence-corrected chi connectivity index (χ2v) is 3.71. The third kappa shape index (κ3) is 1.92. The van der Waals surface area contributed by atoms with Gasteiger partial charge in [-0.1, -0.05) is 19.9 Å². The molecule has 0 heterocycles. The number of carbonyl (C=O) groups excluding carboxylic acids is 1. The third-order valence-electron chi connectivity index (χ3n) is 2.22. The number of primary amides is 1. The van der Waals surface area contributed by atoms with Gasteiger partial charge in [-0.05, 0) is 30.0 Å². The molecule has 0 radical (unpaired) electrons. The lowest BCUT2D eigenvalue weighted by molar-refractivity contribution is 0.0996. The van der Waals surface area contributed by atoms with E-state index in [9.17, 15) is 9.18 Å². The van der Waals surface area contributed by atoms with E-state index >= 15 is 0 Å². The summed E-state index contributed by atoms with van der Waals surface area (Å²) in [6, 6.07) is 3.17. The van der Waals surface area contributed by atoms with Gasteiger partial charge < -0.3 is 5.73 Å². The van der Waals surface area contributed by atoms with Crippen LogP contribution in [0.2, 0.25) is 0 Å². The number of rotatable bonds is 2. The molecule has 2 nitrogen and oxygen atoms in total. The van der Waals surface area contributed by atoms with Crippen molar-refractivity contribution in [3.05, 3.63) is 34.6 Å². The first-order valence-corrected chi connectivity index (χ1v) is 4.53. The van der Waals surface area contributed by atoms with Gasteiger partial charge in [0.1, 0.15) is 5.82 Å². The maximum absolute atomic E-state index is 13.4. The average molecular weight is 195 g/mol. The zero-order valence-electron chi connectivity index (χ0n) is 8.60. The summed E-state index contributed by atoms with van der Waals surface area (Å²) in [4.78, 5) is 10.9. The molecule has 2 N–H and O–H groups in total. The molecule has 0 bridgehead atoms. The van der Waals surface area contributed by atoms with E-state index in [2.05, 4.69) is 0 Å². The SMILES string of the molecule is Cc1cc(C(C)C)cc(F)c1C(N)=O. The van der Waals surface area contributed by atoms with Gasteiger partial charge in [-0.2, -0.15) is 0 Å². The fourth-order valence-electron chi connectivity index (χ4n) is 1.42. The van der Waals surface area contributed by atoms with Crippen molar-refractivity contribution in [2.45, 2.75) is 26.7 Å². The molecule has 1 aromatic rings. The summed E-state index contributed by atoms with van der Waals surface area (Å²) in [5.41, 5.74) is 6.54. The number of halogens is 1. The van der Waals surface area contributed by atoms with Crippen LogP contribution in [-0.4, -0.2) is 5.91 Å². The van der Waals surface area contributed by atoms with Gasteiger partial charge in [-0.3, -0.25) is 4.79 Å². The largest absolute Gasteiger partial charge is 0.365 e. The highest BCUT2D eigenvalue weighted by Crippen LogP contribution is 2.21. The lowest BCUT2D eigenvalue weighted by atomic mass is 9.97. The van der Waals surface area contributed by atoms with E-state index in [0.717, 1.165) is 5.56 Å². The van der Waals surface area contributed by atoms with Crippen LogP contribution in [0.25, 0.3) is 0 Å². The van der Waals surface area contributed by atoms with Crippen molar-refractivity contribution in [1.82, 2.24) is 0 Å². The molecule has 0 aliphatic heterocycles. The first-order valence-electron chi connectivity index (χ1n) is 4.53. The van der Waals surface area contributed by atoms with E-state index in [4.69, 9.17) is 5.73 Å². The van der Waals surface area contributed by atoms with E-state index < -0.39 is 11.7 Å². The molecule has 0 atom stereocenters. The van der Waals surface area contributed by atoms with Gasteiger partial charge in [-0.15, -0.1) is 0 Å². The van der Waals surface area contributed by atoms with Crippen molar-refractivity contribution in [3.8, 4) is 0 Å². The van der Waals surface area contributed by atoms with Gasteiger partial charge in [0.15, 0.2) is 0 Å². The summed E-state index contributed by atoms with van der Waals surface area (Å²) in [7, 11) is 0. The van der Waals surface area contributed by atoms with Crippen LogP contribution >= 0.6 is 0 Å². The Bertz CT molecular complexity index is 349. The molecule has 0 aliphatic carbocycles. The molecule has 14 heavy (non-hydrogen) atoms. The zero-order valence-corrected chi connectivity index (χ0v) is 8.60. The Morgan fingerprint density at radius 3 is 2.36 bits per heavy atom. The van der Waals surface area contributed by atoms with E-state index in [0.29, 0.717) is 5.56 Å². The van der Waals surface area contributed by atoms with Gasteiger partial charge in [0.25, 0.3) is 5.91 Å². The number of nitrogens with two attached hydrogens (primary N) is 1. The highest BCUT2D eigenvalue weighted by Gasteiger charge is 2.13. The van der Waals surface area contributed by atoms with Crippen molar-refractivity contribution < 1.29 is 9.18 Å². The molecule has 0 unspecified atom stereocenters. The van der Waals surface area contributed by atoms with Gasteiger partial charge in [0.2, 0.25) is 0 Å². The van der Waals surface area contributed by atoms with Crippen LogP contribution < -0.4 is 5.73 Å². The molecule has 0 aromatic heterocycles. The molecule has 0 saturated carbocycles. The number of benzene rings is 1. The Morgan fingerprint density at radius 2 is 2.00 bits per heavy atom. The molecule has 0 fully saturated rings. The molecular formula is C11H14FNO. The maximum atomic E-state index is 13.4. The Hall–Kier alpha value is -1.38. The smallest absolute Gasteiger partial charge is 0.251 e. The molecule has 1 aromatic carbocycles. The van der Waals surface area contributed by atoms with Crippen LogP contribution in [0.4, 0.5) is 4.39 Å². The summed E-state index contributed by atoms with van der Waals surface area (Å²) in [6.07, 6.45) is 0. The standard InChI is InChI=1S/C11H14FNO/c1-6(2)8-4-7(3)10(11(13)14)9(12)5-8/h4-6H,1-3H3,(H2,13,14). The number of hydrogen-bond donors (Lipinski definition) is 1. The van der Waals surface area contributed by atoms with Gasteiger partial charge in [0.05, 0.1) is 5.56 Å². The van der Waals surface area contributed by atoms with Crippen molar-refractivity contribution in [2.24, 2.45) is 5.73 Å². The Morgan fingerprint density at radius 1 is 1.43 bits per heavy atom. The number of hydrogen-bond acceptors (Lipinski definition) is 1. The van der Waals surface area contributed by atoms with E-state index in [1.54, 1.807) is 13.0 Å². The number of carbonyl (C=O) groups is 1. The highest BCUT2D eigenvalue weighted by molar-refractivity contribution is 5.94. The second-order valence-electron chi connectivity index (χ2n) is 3.71. The average Bonchev–Trinajstić information content (AvgIpc) is 2.01. The van der Waals surface area contributed by atoms with Crippen LogP contribution in [0.3, 0.4) is 0 Å². The molecule has 0 spiro atoms. The minimum atomic E-state index is -0.713. The molecule has 0 saturated heterocycles. The van der Waals surface area contributed by atoms with Crippen molar-refractivity contribution in [2.75, 3.05) is 0 Å². The monoisotopic (exact) mass is 195 g/mol. The van der Waals surface area contributed by atoms with Gasteiger partial charge in [-0.25, -0.2) is 4.39 Å². The van der Waals surface area contributed by atoms with Crippen LogP contribution in [0, 0.1) is 12.7 Å². The summed E-state index contributed by atoms with van der Waals surface area (Å²) in [6.45, 7) is 5.63. The topological polar surface area (TPSA) is 43.1 Å². The summed E-state index contributed by atoms with van der Waals surface area (Å²) < 4.78 is 13.4. The molecule has 76 valence electrons. The van der Waals surface area contributed by atoms with Crippen molar-refractivity contribution in [3.63, 3.8) is 0 Å². The third-order valence-corrected chi connectivity index (χ3v) is 2.22. The fourth-order valence-corrected chi connectivity index (χ4v) is 1.42. The van der Waals surface area contributed by atoms with Crippen LogP contribution in [0.15, 0.2) is 12.1 Å². The first kappa shape index (κ1) is 10.7. The lowest BCUT2D eigenvalue weighted by Gasteiger charge is -2.10. The minimum Gasteiger partial charge on any atom is -0.365 e. The van der Waals surface area contributed by atoms with E-state index in [1.807, 2.05) is 13.8 Å². The zero-order chi connectivity index (χ0) is 10.9. The summed E-state index contributed by atoms with van der Waals surface area (Å²) in [5, 5.41) is 0. The molecular weight excluding hydrogens is 181 g/mol. The Labute approximate surface area is 82.9 Å². The van der Waals surface area contributed by atoms with Crippen molar-refractivity contribution >= 4 is 5.91 Å². The van der Waals surface area contributed by atoms with E-state index in [-0.39, 0.29) is 11.5 Å². The predicted molar refractivity (Wildman–Crippen MR) is 53.7 cm³/mol. The minimum absolute atomic E-state index is 0.00519. The fraction of sp³-hybridized carbons (Fsp3) is 0.364. The van der Waals surface area contributed by atoms with Crippen molar-refractivity contribution in [1.29, 1.82) is 0 Å². The van der Waals surface area contributed by atoms with Crippen LogP contribution in [0.1, 0.15) is 41.3 Å². The number of amides is 1. The maximum Gasteiger partial charge on any atom is 0.251 e. The molecule has 3 heteroatoms. The number of aryl methyl sites for hydroxylation is 1. The Kier molecular flexibility index (Phi) is 2.89. The molecule has 1 rings (SSSR count). The lowest BCUT2D eigenvalue weighted by Crippen LogP contribution is -2.15. The predicted octanol–water partition coefficient (Wildman–Crippen LogP) is 2.36. The molecule has 1 amide bonds. The molecule has 0 aliphatic rings. The van der Waals surface area contributed by atoms with Crippen LogP contribution in [0.5, 0.6) is 0 Å². The van der Waals surface area contributed by atoms with Crippen LogP contribution in [-0.2, 0) is 0 Å². The van der Waals surface area contributed by atoms with Gasteiger partial charge >= 0.3 is 0 Å². The second kappa shape index (κ2) is 3.78. The Balaban J connectivity index is 3.32. The quantitative estimate of drug-likeness (QED) is 0.773. The van der Waals surface area contributed by atoms with Gasteiger partial charge in [0, 0.05) is 0 Å². The summed E-state index contributed by atoms with van der Waals surface area (Å²) >= 11 is 0. The highest BCUT2D eigenvalue weighted by atomic mass is 19.1. The van der Waals surface area contributed by atoms with E-state index in [1.165, 1.54) is 6.07 Å².